The van der Waals surface area contributed by atoms with Crippen LogP contribution >= 0.6 is 0 Å². The third-order valence-electron chi connectivity index (χ3n) is 2.75. The van der Waals surface area contributed by atoms with E-state index in [1.807, 2.05) is 6.07 Å². The van der Waals surface area contributed by atoms with Crippen molar-refractivity contribution < 1.29 is 12.9 Å². The maximum absolute atomic E-state index is 12.1. The number of benzene rings is 1. The largest absolute Gasteiger partial charge is 0.361 e. The molecule has 1 aromatic heterocycles. The second-order valence-corrected chi connectivity index (χ2v) is 6.11. The fraction of sp³-hybridized carbons (Fsp3) is 0.231. The normalized spacial score (nSPS) is 11.2. The first-order valence-electron chi connectivity index (χ1n) is 5.85. The molecule has 2 aromatic rings. The van der Waals surface area contributed by atoms with Crippen LogP contribution in [0, 0.1) is 25.2 Å². The predicted octanol–water partition coefficient (Wildman–Crippen LogP) is 1.64. The topological polar surface area (TPSA) is 96.0 Å². The molecule has 2 rings (SSSR count). The van der Waals surface area contributed by atoms with E-state index < -0.39 is 10.0 Å². The van der Waals surface area contributed by atoms with Crippen LogP contribution in [-0.4, -0.2) is 13.6 Å². The number of hydrogen-bond donors (Lipinski definition) is 1. The summed E-state index contributed by atoms with van der Waals surface area (Å²) in [6, 6.07) is 8.02. The summed E-state index contributed by atoms with van der Waals surface area (Å²) in [5.74, 6) is 0.619. The Hall–Kier alpha value is -2.17. The van der Waals surface area contributed by atoms with Gasteiger partial charge in [0, 0.05) is 6.07 Å². The fourth-order valence-electron chi connectivity index (χ4n) is 1.68. The van der Waals surface area contributed by atoms with Crippen molar-refractivity contribution in [2.75, 3.05) is 0 Å². The summed E-state index contributed by atoms with van der Waals surface area (Å²) in [6.07, 6.45) is 0. The highest BCUT2D eigenvalue weighted by Gasteiger charge is 2.15. The van der Waals surface area contributed by atoms with E-state index in [1.54, 1.807) is 19.9 Å². The highest BCUT2D eigenvalue weighted by molar-refractivity contribution is 7.89. The second kappa shape index (κ2) is 5.45. The van der Waals surface area contributed by atoms with Gasteiger partial charge >= 0.3 is 0 Å². The number of hydrogen-bond acceptors (Lipinski definition) is 5. The first kappa shape index (κ1) is 14.2. The maximum atomic E-state index is 12.1. The zero-order valence-electron chi connectivity index (χ0n) is 11.0. The zero-order chi connectivity index (χ0) is 14.8. The van der Waals surface area contributed by atoms with E-state index in [0.29, 0.717) is 22.6 Å². The number of sulfonamides is 1. The van der Waals surface area contributed by atoms with Crippen molar-refractivity contribution in [1.29, 1.82) is 5.26 Å². The SMILES string of the molecule is Cc1cc(CNS(=O)(=O)c2ccc(C#N)c(C)c2)no1. The van der Waals surface area contributed by atoms with E-state index in [2.05, 4.69) is 9.88 Å². The lowest BCUT2D eigenvalue weighted by molar-refractivity contribution is 0.390. The molecule has 6 nitrogen and oxygen atoms in total. The lowest BCUT2D eigenvalue weighted by Crippen LogP contribution is -2.23. The molecule has 20 heavy (non-hydrogen) atoms. The molecule has 0 amide bonds. The summed E-state index contributed by atoms with van der Waals surface area (Å²) in [6.45, 7) is 3.48. The summed E-state index contributed by atoms with van der Waals surface area (Å²) in [4.78, 5) is 0.120. The Morgan fingerprint density at radius 2 is 2.10 bits per heavy atom. The molecule has 0 atom stereocenters. The van der Waals surface area contributed by atoms with Crippen molar-refractivity contribution in [3.05, 3.63) is 46.8 Å². The van der Waals surface area contributed by atoms with E-state index >= 15 is 0 Å². The molecule has 0 aliphatic rings. The molecule has 0 saturated heterocycles. The number of aromatic nitrogens is 1. The van der Waals surface area contributed by atoms with Crippen LogP contribution in [-0.2, 0) is 16.6 Å². The van der Waals surface area contributed by atoms with Crippen LogP contribution in [0.25, 0.3) is 0 Å². The van der Waals surface area contributed by atoms with Gasteiger partial charge in [0.1, 0.15) is 5.76 Å². The standard InChI is InChI=1S/C13H13N3O3S/c1-9-5-13(4-3-11(9)7-14)20(17,18)15-8-12-6-10(2)19-16-12/h3-6,15H,8H2,1-2H3. The predicted molar refractivity (Wildman–Crippen MR) is 71.2 cm³/mol. The highest BCUT2D eigenvalue weighted by atomic mass is 32.2. The highest BCUT2D eigenvalue weighted by Crippen LogP contribution is 2.15. The van der Waals surface area contributed by atoms with Crippen molar-refractivity contribution in [3.63, 3.8) is 0 Å². The van der Waals surface area contributed by atoms with E-state index in [4.69, 9.17) is 9.78 Å². The van der Waals surface area contributed by atoms with Gasteiger partial charge in [-0.05, 0) is 37.6 Å². The number of nitrogens with one attached hydrogen (secondary N) is 1. The van der Waals surface area contributed by atoms with Crippen molar-refractivity contribution in [1.82, 2.24) is 9.88 Å². The van der Waals surface area contributed by atoms with E-state index in [0.717, 1.165) is 0 Å². The Morgan fingerprint density at radius 3 is 2.65 bits per heavy atom. The van der Waals surface area contributed by atoms with Gasteiger partial charge in [-0.1, -0.05) is 5.16 Å². The molecule has 0 aliphatic carbocycles. The molecule has 1 aromatic carbocycles. The fourth-order valence-corrected chi connectivity index (χ4v) is 2.77. The molecule has 104 valence electrons. The van der Waals surface area contributed by atoms with Gasteiger partial charge in [0.15, 0.2) is 0 Å². The van der Waals surface area contributed by atoms with Crippen LogP contribution in [0.3, 0.4) is 0 Å². The first-order chi connectivity index (χ1) is 9.42. The molecule has 0 saturated carbocycles. The lowest BCUT2D eigenvalue weighted by atomic mass is 10.1. The Morgan fingerprint density at radius 1 is 1.35 bits per heavy atom. The van der Waals surface area contributed by atoms with Crippen molar-refractivity contribution >= 4 is 10.0 Å². The molecule has 1 N–H and O–H groups in total. The minimum absolute atomic E-state index is 0.0543. The zero-order valence-corrected chi connectivity index (χ0v) is 11.9. The summed E-state index contributed by atoms with van der Waals surface area (Å²) in [5.41, 5.74) is 1.58. The molecule has 0 radical (unpaired) electrons. The number of rotatable bonds is 4. The molecule has 0 fully saturated rings. The Balaban J connectivity index is 2.18. The van der Waals surface area contributed by atoms with Crippen LogP contribution in [0.2, 0.25) is 0 Å². The minimum atomic E-state index is -3.64. The van der Waals surface area contributed by atoms with Gasteiger partial charge in [-0.15, -0.1) is 0 Å². The Labute approximate surface area is 117 Å². The number of nitriles is 1. The average molecular weight is 291 g/mol. The minimum Gasteiger partial charge on any atom is -0.361 e. The first-order valence-corrected chi connectivity index (χ1v) is 7.33. The molecule has 7 heteroatoms. The van der Waals surface area contributed by atoms with Gasteiger partial charge in [0.05, 0.1) is 28.8 Å². The average Bonchev–Trinajstić information content (AvgIpc) is 2.82. The summed E-state index contributed by atoms with van der Waals surface area (Å²) in [5, 5.41) is 12.5. The molecule has 0 spiro atoms. The smallest absolute Gasteiger partial charge is 0.240 e. The van der Waals surface area contributed by atoms with E-state index in [-0.39, 0.29) is 11.4 Å². The lowest BCUT2D eigenvalue weighted by Gasteiger charge is -2.06. The quantitative estimate of drug-likeness (QED) is 0.923. The van der Waals surface area contributed by atoms with Gasteiger partial charge in [0.2, 0.25) is 10.0 Å². The maximum Gasteiger partial charge on any atom is 0.240 e. The number of nitrogens with zero attached hydrogens (tertiary/aromatic N) is 2. The molecule has 0 aliphatic heterocycles. The van der Waals surface area contributed by atoms with Gasteiger partial charge in [-0.25, -0.2) is 13.1 Å². The monoisotopic (exact) mass is 291 g/mol. The molecule has 0 bridgehead atoms. The van der Waals surface area contributed by atoms with Crippen molar-refractivity contribution in [2.24, 2.45) is 0 Å². The molecule has 0 unspecified atom stereocenters. The van der Waals surface area contributed by atoms with Gasteiger partial charge < -0.3 is 4.52 Å². The summed E-state index contributed by atoms with van der Waals surface area (Å²) in [7, 11) is -3.64. The van der Waals surface area contributed by atoms with Crippen LogP contribution < -0.4 is 4.72 Å². The Kier molecular flexibility index (Phi) is 3.88. The molecule has 1 heterocycles. The molecular formula is C13H13N3O3S. The summed E-state index contributed by atoms with van der Waals surface area (Å²) >= 11 is 0. The van der Waals surface area contributed by atoms with Crippen LogP contribution in [0.1, 0.15) is 22.6 Å². The van der Waals surface area contributed by atoms with Crippen molar-refractivity contribution in [2.45, 2.75) is 25.3 Å². The Bertz CT molecular complexity index is 772. The third-order valence-corrected chi connectivity index (χ3v) is 4.15. The van der Waals surface area contributed by atoms with Crippen LogP contribution in [0.15, 0.2) is 33.7 Å². The number of aryl methyl sites for hydroxylation is 2. The van der Waals surface area contributed by atoms with Gasteiger partial charge in [0.25, 0.3) is 0 Å². The van der Waals surface area contributed by atoms with E-state index in [1.165, 1.54) is 18.2 Å². The second-order valence-electron chi connectivity index (χ2n) is 4.34. The van der Waals surface area contributed by atoms with E-state index in [9.17, 15) is 8.42 Å². The van der Waals surface area contributed by atoms with Crippen LogP contribution in [0.4, 0.5) is 0 Å². The van der Waals surface area contributed by atoms with Crippen LogP contribution in [0.5, 0.6) is 0 Å². The third kappa shape index (κ3) is 3.04. The van der Waals surface area contributed by atoms with Gasteiger partial charge in [-0.3, -0.25) is 0 Å². The molecular weight excluding hydrogens is 278 g/mol. The summed E-state index contributed by atoms with van der Waals surface area (Å²) < 4.78 is 31.5. The van der Waals surface area contributed by atoms with Gasteiger partial charge in [-0.2, -0.15) is 5.26 Å². The van der Waals surface area contributed by atoms with Crippen molar-refractivity contribution in [3.8, 4) is 6.07 Å².